The predicted molar refractivity (Wildman–Crippen MR) is 84.2 cm³/mol. The number of piperazine rings is 1. The van der Waals surface area contributed by atoms with Crippen molar-refractivity contribution in [2.24, 2.45) is 0 Å². The number of rotatable bonds is 4. The maximum absolute atomic E-state index is 12.0. The van der Waals surface area contributed by atoms with E-state index in [1.165, 1.54) is 0 Å². The van der Waals surface area contributed by atoms with Crippen molar-refractivity contribution in [1.82, 2.24) is 15.5 Å². The summed E-state index contributed by atoms with van der Waals surface area (Å²) in [5, 5.41) is 6.44. The Labute approximate surface area is 127 Å². The molecule has 0 spiro atoms. The van der Waals surface area contributed by atoms with E-state index in [4.69, 9.17) is 0 Å². The SMILES string of the molecule is CC1CN(CC(=O)NC(C)c2ccccc2)CCN1.Cl. The Morgan fingerprint density at radius 2 is 2.15 bits per heavy atom. The van der Waals surface area contributed by atoms with Gasteiger partial charge >= 0.3 is 0 Å². The minimum absolute atomic E-state index is 0. The van der Waals surface area contributed by atoms with Crippen molar-refractivity contribution in [3.63, 3.8) is 0 Å². The Bertz CT molecular complexity index is 413. The molecule has 2 unspecified atom stereocenters. The molecule has 5 heteroatoms. The molecule has 0 saturated carbocycles. The molecule has 1 saturated heterocycles. The number of hydrogen-bond acceptors (Lipinski definition) is 3. The van der Waals surface area contributed by atoms with Crippen molar-refractivity contribution in [3.8, 4) is 0 Å². The zero-order valence-corrected chi connectivity index (χ0v) is 13.0. The number of carbonyl (C=O) groups is 1. The van der Waals surface area contributed by atoms with Crippen molar-refractivity contribution in [3.05, 3.63) is 35.9 Å². The lowest BCUT2D eigenvalue weighted by atomic mass is 10.1. The molecule has 2 rings (SSSR count). The summed E-state index contributed by atoms with van der Waals surface area (Å²) in [6.07, 6.45) is 0. The summed E-state index contributed by atoms with van der Waals surface area (Å²) in [4.78, 5) is 14.2. The molecule has 112 valence electrons. The van der Waals surface area contributed by atoms with E-state index in [9.17, 15) is 4.79 Å². The third kappa shape index (κ3) is 5.12. The fraction of sp³-hybridized carbons (Fsp3) is 0.533. The first-order valence-corrected chi connectivity index (χ1v) is 6.95. The summed E-state index contributed by atoms with van der Waals surface area (Å²) in [7, 11) is 0. The highest BCUT2D eigenvalue weighted by atomic mass is 35.5. The van der Waals surface area contributed by atoms with Crippen molar-refractivity contribution in [1.29, 1.82) is 0 Å². The van der Waals surface area contributed by atoms with Gasteiger partial charge in [-0.1, -0.05) is 30.3 Å². The van der Waals surface area contributed by atoms with Gasteiger partial charge in [0, 0.05) is 25.7 Å². The monoisotopic (exact) mass is 297 g/mol. The number of carbonyl (C=O) groups excluding carboxylic acids is 1. The molecule has 1 aromatic rings. The quantitative estimate of drug-likeness (QED) is 0.887. The molecular weight excluding hydrogens is 274 g/mol. The van der Waals surface area contributed by atoms with E-state index in [1.807, 2.05) is 37.3 Å². The first-order chi connectivity index (χ1) is 9.15. The first-order valence-electron chi connectivity index (χ1n) is 6.95. The highest BCUT2D eigenvalue weighted by Gasteiger charge is 2.18. The van der Waals surface area contributed by atoms with Gasteiger partial charge in [-0.05, 0) is 19.4 Å². The van der Waals surface area contributed by atoms with Crippen LogP contribution in [0.15, 0.2) is 30.3 Å². The molecule has 4 nitrogen and oxygen atoms in total. The third-order valence-electron chi connectivity index (χ3n) is 3.50. The molecule has 1 fully saturated rings. The summed E-state index contributed by atoms with van der Waals surface area (Å²) in [6, 6.07) is 10.6. The molecule has 0 bridgehead atoms. The van der Waals surface area contributed by atoms with Crippen LogP contribution in [-0.4, -0.2) is 43.0 Å². The van der Waals surface area contributed by atoms with Gasteiger partial charge in [-0.3, -0.25) is 9.69 Å². The molecular formula is C15H24ClN3O. The Morgan fingerprint density at radius 3 is 2.80 bits per heavy atom. The summed E-state index contributed by atoms with van der Waals surface area (Å²) < 4.78 is 0. The van der Waals surface area contributed by atoms with Crippen LogP contribution in [0, 0.1) is 0 Å². The second-order valence-electron chi connectivity index (χ2n) is 5.29. The topological polar surface area (TPSA) is 44.4 Å². The average Bonchev–Trinajstić information content (AvgIpc) is 2.39. The first kappa shape index (κ1) is 17.0. The summed E-state index contributed by atoms with van der Waals surface area (Å²) in [5.74, 6) is 0.102. The number of nitrogens with one attached hydrogen (secondary N) is 2. The van der Waals surface area contributed by atoms with Crippen LogP contribution in [0.2, 0.25) is 0 Å². The second-order valence-corrected chi connectivity index (χ2v) is 5.29. The summed E-state index contributed by atoms with van der Waals surface area (Å²) >= 11 is 0. The molecule has 0 aromatic heterocycles. The van der Waals surface area contributed by atoms with Crippen molar-refractivity contribution in [2.45, 2.75) is 25.9 Å². The summed E-state index contributed by atoms with van der Waals surface area (Å²) in [5.41, 5.74) is 1.14. The van der Waals surface area contributed by atoms with Gasteiger partial charge in [-0.2, -0.15) is 0 Å². The van der Waals surface area contributed by atoms with Crippen LogP contribution in [0.25, 0.3) is 0 Å². The van der Waals surface area contributed by atoms with E-state index < -0.39 is 0 Å². The molecule has 1 aliphatic heterocycles. The molecule has 1 amide bonds. The fourth-order valence-electron chi connectivity index (χ4n) is 2.47. The van der Waals surface area contributed by atoms with Gasteiger partial charge in [0.05, 0.1) is 12.6 Å². The highest BCUT2D eigenvalue weighted by Crippen LogP contribution is 2.10. The van der Waals surface area contributed by atoms with E-state index in [0.717, 1.165) is 25.2 Å². The lowest BCUT2D eigenvalue weighted by Gasteiger charge is -2.31. The Morgan fingerprint density at radius 1 is 1.45 bits per heavy atom. The van der Waals surface area contributed by atoms with Gasteiger partial charge in [0.25, 0.3) is 0 Å². The van der Waals surface area contributed by atoms with Gasteiger partial charge in [0.2, 0.25) is 5.91 Å². The Hall–Kier alpha value is -1.10. The minimum atomic E-state index is 0. The predicted octanol–water partition coefficient (Wildman–Crippen LogP) is 1.58. The van der Waals surface area contributed by atoms with E-state index in [1.54, 1.807) is 0 Å². The largest absolute Gasteiger partial charge is 0.348 e. The highest BCUT2D eigenvalue weighted by molar-refractivity contribution is 5.85. The third-order valence-corrected chi connectivity index (χ3v) is 3.50. The molecule has 1 heterocycles. The zero-order chi connectivity index (χ0) is 13.7. The maximum Gasteiger partial charge on any atom is 0.234 e. The van der Waals surface area contributed by atoms with Gasteiger partial charge in [0.15, 0.2) is 0 Å². The number of hydrogen-bond donors (Lipinski definition) is 2. The smallest absolute Gasteiger partial charge is 0.234 e. The zero-order valence-electron chi connectivity index (χ0n) is 12.1. The van der Waals surface area contributed by atoms with Gasteiger partial charge in [-0.15, -0.1) is 12.4 Å². The molecule has 20 heavy (non-hydrogen) atoms. The number of benzene rings is 1. The van der Waals surface area contributed by atoms with E-state index in [-0.39, 0.29) is 24.4 Å². The van der Waals surface area contributed by atoms with Gasteiger partial charge in [0.1, 0.15) is 0 Å². The Kier molecular flexibility index (Phi) is 6.99. The normalized spacial score (nSPS) is 20.8. The van der Waals surface area contributed by atoms with Crippen LogP contribution in [0.1, 0.15) is 25.5 Å². The molecule has 1 aromatic carbocycles. The van der Waals surface area contributed by atoms with Crippen molar-refractivity contribution < 1.29 is 4.79 Å². The van der Waals surface area contributed by atoms with E-state index >= 15 is 0 Å². The molecule has 2 N–H and O–H groups in total. The Balaban J connectivity index is 0.00000200. The number of nitrogens with zero attached hydrogens (tertiary/aromatic N) is 1. The molecule has 1 aliphatic rings. The van der Waals surface area contributed by atoms with Crippen LogP contribution in [0.5, 0.6) is 0 Å². The van der Waals surface area contributed by atoms with Crippen LogP contribution in [-0.2, 0) is 4.79 Å². The van der Waals surface area contributed by atoms with Gasteiger partial charge in [-0.25, -0.2) is 0 Å². The van der Waals surface area contributed by atoms with E-state index in [0.29, 0.717) is 12.6 Å². The van der Waals surface area contributed by atoms with Crippen LogP contribution in [0.3, 0.4) is 0 Å². The fourth-order valence-corrected chi connectivity index (χ4v) is 2.47. The summed E-state index contributed by atoms with van der Waals surface area (Å²) in [6.45, 7) is 7.50. The molecule has 0 radical (unpaired) electrons. The van der Waals surface area contributed by atoms with Gasteiger partial charge < -0.3 is 10.6 Å². The number of amides is 1. The molecule has 2 atom stereocenters. The van der Waals surface area contributed by atoms with Crippen molar-refractivity contribution >= 4 is 18.3 Å². The maximum atomic E-state index is 12.0. The van der Waals surface area contributed by atoms with Crippen LogP contribution < -0.4 is 10.6 Å². The van der Waals surface area contributed by atoms with E-state index in [2.05, 4.69) is 22.5 Å². The number of halogens is 1. The van der Waals surface area contributed by atoms with Crippen LogP contribution in [0.4, 0.5) is 0 Å². The lowest BCUT2D eigenvalue weighted by molar-refractivity contribution is -0.123. The average molecular weight is 298 g/mol. The van der Waals surface area contributed by atoms with Crippen molar-refractivity contribution in [2.75, 3.05) is 26.2 Å². The minimum Gasteiger partial charge on any atom is -0.348 e. The molecule has 0 aliphatic carbocycles. The second kappa shape index (κ2) is 8.25. The standard InChI is InChI=1S/C15H23N3O.ClH/c1-12-10-18(9-8-16-12)11-15(19)17-13(2)14-6-4-3-5-7-14;/h3-7,12-13,16H,8-11H2,1-2H3,(H,17,19);1H. The lowest BCUT2D eigenvalue weighted by Crippen LogP contribution is -2.51. The van der Waals surface area contributed by atoms with Crippen LogP contribution >= 0.6 is 12.4 Å².